The van der Waals surface area contributed by atoms with Gasteiger partial charge in [0.05, 0.1) is 17.7 Å². The van der Waals surface area contributed by atoms with E-state index in [1.54, 1.807) is 10.4 Å². The first kappa shape index (κ1) is 19.5. The predicted octanol–water partition coefficient (Wildman–Crippen LogP) is 2.30. The number of aryl methyl sites for hydroxylation is 1. The van der Waals surface area contributed by atoms with Crippen molar-refractivity contribution in [2.45, 2.75) is 32.4 Å². The fourth-order valence-corrected chi connectivity index (χ4v) is 3.97. The Kier molecular flexibility index (Phi) is 6.58. The molecule has 2 aromatic rings. The van der Waals surface area contributed by atoms with Gasteiger partial charge in [-0.1, -0.05) is 30.3 Å². The molecule has 1 aliphatic heterocycles. The van der Waals surface area contributed by atoms with E-state index in [4.69, 9.17) is 0 Å². The average Bonchev–Trinajstić information content (AvgIpc) is 3.10. The number of carbonyl (C=O) groups excluding carboxylic acids is 2. The highest BCUT2D eigenvalue weighted by Gasteiger charge is 2.24. The Balaban J connectivity index is 1.42. The third kappa shape index (κ3) is 5.37. The number of piperidine rings is 1. The first-order chi connectivity index (χ1) is 13.0. The van der Waals surface area contributed by atoms with Gasteiger partial charge in [-0.25, -0.2) is 4.98 Å². The number of nitrogens with one attached hydrogen (secondary N) is 1. The molecule has 1 fully saturated rings. The van der Waals surface area contributed by atoms with Gasteiger partial charge in [0.15, 0.2) is 0 Å². The molecule has 1 aromatic heterocycles. The zero-order valence-corrected chi connectivity index (χ0v) is 16.7. The van der Waals surface area contributed by atoms with E-state index in [0.29, 0.717) is 18.0 Å². The Morgan fingerprint density at radius 1 is 1.26 bits per heavy atom. The molecule has 27 heavy (non-hydrogen) atoms. The number of hydrogen-bond acceptors (Lipinski definition) is 5. The summed E-state index contributed by atoms with van der Waals surface area (Å²) < 4.78 is 0. The van der Waals surface area contributed by atoms with Crippen molar-refractivity contribution in [3.05, 3.63) is 52.0 Å². The summed E-state index contributed by atoms with van der Waals surface area (Å²) in [4.78, 5) is 33.5. The zero-order chi connectivity index (χ0) is 19.2. The van der Waals surface area contributed by atoms with Crippen LogP contribution in [0.1, 0.15) is 33.8 Å². The van der Waals surface area contributed by atoms with Gasteiger partial charge in [0.25, 0.3) is 5.91 Å². The number of thiazole rings is 1. The quantitative estimate of drug-likeness (QED) is 0.827. The van der Waals surface area contributed by atoms with E-state index in [1.165, 1.54) is 11.3 Å². The number of rotatable bonds is 6. The number of amides is 2. The molecule has 0 unspecified atom stereocenters. The van der Waals surface area contributed by atoms with Gasteiger partial charge in [-0.05, 0) is 25.3 Å². The maximum absolute atomic E-state index is 12.5. The van der Waals surface area contributed by atoms with Crippen molar-refractivity contribution in [2.75, 3.05) is 26.7 Å². The van der Waals surface area contributed by atoms with Crippen LogP contribution >= 0.6 is 11.3 Å². The van der Waals surface area contributed by atoms with Crippen LogP contribution < -0.4 is 5.32 Å². The predicted molar refractivity (Wildman–Crippen MR) is 107 cm³/mol. The Labute approximate surface area is 164 Å². The minimum absolute atomic E-state index is 0.0351. The lowest BCUT2D eigenvalue weighted by atomic mass is 10.0. The van der Waals surface area contributed by atoms with E-state index >= 15 is 0 Å². The summed E-state index contributed by atoms with van der Waals surface area (Å²) in [5.74, 6) is 0.0914. The van der Waals surface area contributed by atoms with Crippen molar-refractivity contribution in [2.24, 2.45) is 0 Å². The molecule has 2 heterocycles. The summed E-state index contributed by atoms with van der Waals surface area (Å²) in [6.45, 7) is 4.54. The van der Waals surface area contributed by atoms with Crippen LogP contribution in [0.2, 0.25) is 0 Å². The van der Waals surface area contributed by atoms with Crippen LogP contribution in [0.5, 0.6) is 0 Å². The third-order valence-electron chi connectivity index (χ3n) is 4.92. The Bertz CT molecular complexity index is 769. The van der Waals surface area contributed by atoms with E-state index in [-0.39, 0.29) is 17.9 Å². The summed E-state index contributed by atoms with van der Waals surface area (Å²) in [5, 5.41) is 3.10. The molecule has 0 radical (unpaired) electrons. The van der Waals surface area contributed by atoms with Crippen LogP contribution in [0.3, 0.4) is 0 Å². The normalized spacial score (nSPS) is 15.5. The number of likely N-dealkylation sites (tertiary alicyclic amines) is 1. The molecule has 1 aromatic carbocycles. The number of carbonyl (C=O) groups is 2. The number of hydrogen-bond donors (Lipinski definition) is 1. The second-order valence-electron chi connectivity index (χ2n) is 7.03. The highest BCUT2D eigenvalue weighted by molar-refractivity contribution is 7.11. The van der Waals surface area contributed by atoms with E-state index in [1.807, 2.05) is 44.3 Å². The van der Waals surface area contributed by atoms with Crippen molar-refractivity contribution in [1.29, 1.82) is 0 Å². The summed E-state index contributed by atoms with van der Waals surface area (Å²) in [7, 11) is 1.85. The molecule has 0 atom stereocenters. The van der Waals surface area contributed by atoms with Gasteiger partial charge >= 0.3 is 0 Å². The number of nitrogens with zero attached hydrogens (tertiary/aromatic N) is 3. The fourth-order valence-electron chi connectivity index (χ4n) is 3.26. The first-order valence-corrected chi connectivity index (χ1v) is 10.1. The number of benzene rings is 1. The lowest BCUT2D eigenvalue weighted by Crippen LogP contribution is -2.47. The van der Waals surface area contributed by atoms with Crippen LogP contribution in [0.15, 0.2) is 35.8 Å². The molecule has 1 saturated heterocycles. The lowest BCUT2D eigenvalue weighted by molar-refractivity contribution is -0.131. The first-order valence-electron chi connectivity index (χ1n) is 9.24. The summed E-state index contributed by atoms with van der Waals surface area (Å²) in [6.07, 6.45) is 1.72. The van der Waals surface area contributed by atoms with Gasteiger partial charge in [-0.2, -0.15) is 0 Å². The maximum atomic E-state index is 12.5. The van der Waals surface area contributed by atoms with Crippen molar-refractivity contribution in [1.82, 2.24) is 20.1 Å². The van der Waals surface area contributed by atoms with Crippen molar-refractivity contribution in [3.63, 3.8) is 0 Å². The SMILES string of the molecule is Cc1ncsc1C(=O)NC1CCN(CC(=O)N(C)Cc2ccccc2)CC1. The molecule has 1 N–H and O–H groups in total. The van der Waals surface area contributed by atoms with E-state index in [9.17, 15) is 9.59 Å². The molecule has 7 heteroatoms. The van der Waals surface area contributed by atoms with Gasteiger partial charge in [-0.15, -0.1) is 11.3 Å². The zero-order valence-electron chi connectivity index (χ0n) is 15.9. The average molecular weight is 387 g/mol. The molecule has 1 aliphatic rings. The molecule has 0 spiro atoms. The highest BCUT2D eigenvalue weighted by atomic mass is 32.1. The Morgan fingerprint density at radius 3 is 2.59 bits per heavy atom. The van der Waals surface area contributed by atoms with Crippen LogP contribution in [0.25, 0.3) is 0 Å². The largest absolute Gasteiger partial charge is 0.348 e. The standard InChI is InChI=1S/C20H26N4O2S/c1-15-19(27-14-21-15)20(26)22-17-8-10-24(11-9-17)13-18(25)23(2)12-16-6-4-3-5-7-16/h3-7,14,17H,8-13H2,1-2H3,(H,22,26). The molecular formula is C20H26N4O2S. The van der Waals surface area contributed by atoms with Gasteiger partial charge in [0, 0.05) is 32.7 Å². The van der Waals surface area contributed by atoms with Gasteiger partial charge in [0.1, 0.15) is 4.88 Å². The van der Waals surface area contributed by atoms with Crippen LogP contribution in [-0.2, 0) is 11.3 Å². The molecule has 6 nitrogen and oxygen atoms in total. The summed E-state index contributed by atoms with van der Waals surface area (Å²) in [5.41, 5.74) is 3.61. The summed E-state index contributed by atoms with van der Waals surface area (Å²) >= 11 is 1.38. The van der Waals surface area contributed by atoms with Gasteiger partial charge in [0.2, 0.25) is 5.91 Å². The van der Waals surface area contributed by atoms with E-state index < -0.39 is 0 Å². The maximum Gasteiger partial charge on any atom is 0.263 e. The van der Waals surface area contributed by atoms with Gasteiger partial charge < -0.3 is 10.2 Å². The van der Waals surface area contributed by atoms with Crippen LogP contribution in [-0.4, -0.2) is 59.3 Å². The minimum Gasteiger partial charge on any atom is -0.348 e. The lowest BCUT2D eigenvalue weighted by Gasteiger charge is -2.32. The summed E-state index contributed by atoms with van der Waals surface area (Å²) in [6, 6.07) is 10.2. The fraction of sp³-hybridized carbons (Fsp3) is 0.450. The molecule has 0 saturated carbocycles. The second-order valence-corrected chi connectivity index (χ2v) is 7.88. The van der Waals surface area contributed by atoms with Gasteiger partial charge in [-0.3, -0.25) is 14.5 Å². The second kappa shape index (κ2) is 9.10. The molecule has 0 bridgehead atoms. The Hall–Kier alpha value is -2.25. The topological polar surface area (TPSA) is 65.5 Å². The van der Waals surface area contributed by atoms with Crippen molar-refractivity contribution >= 4 is 23.2 Å². The molecular weight excluding hydrogens is 360 g/mol. The smallest absolute Gasteiger partial charge is 0.263 e. The Morgan fingerprint density at radius 2 is 1.96 bits per heavy atom. The number of aromatic nitrogens is 1. The molecule has 0 aliphatic carbocycles. The van der Waals surface area contributed by atoms with E-state index in [0.717, 1.165) is 37.2 Å². The van der Waals surface area contributed by atoms with Crippen molar-refractivity contribution < 1.29 is 9.59 Å². The molecule has 2 amide bonds. The van der Waals surface area contributed by atoms with Crippen molar-refractivity contribution in [3.8, 4) is 0 Å². The molecule has 3 rings (SSSR count). The highest BCUT2D eigenvalue weighted by Crippen LogP contribution is 2.15. The minimum atomic E-state index is -0.0351. The van der Waals surface area contributed by atoms with Crippen LogP contribution in [0, 0.1) is 6.92 Å². The monoisotopic (exact) mass is 386 g/mol. The molecule has 144 valence electrons. The number of likely N-dealkylation sites (N-methyl/N-ethyl adjacent to an activating group) is 1. The third-order valence-corrected chi connectivity index (χ3v) is 5.85. The van der Waals surface area contributed by atoms with Crippen LogP contribution in [0.4, 0.5) is 0 Å². The van der Waals surface area contributed by atoms with E-state index in [2.05, 4.69) is 15.2 Å².